The number of rotatable bonds is 7. The van der Waals surface area contributed by atoms with E-state index in [2.05, 4.69) is 49.7 Å². The predicted molar refractivity (Wildman–Crippen MR) is 159 cm³/mol. The third-order valence-electron chi connectivity index (χ3n) is 7.75. The Kier molecular flexibility index (Phi) is 7.19. The second-order valence-corrected chi connectivity index (χ2v) is 10.3. The molecule has 2 aromatic carbocycles. The van der Waals surface area contributed by atoms with Crippen LogP contribution in [0.4, 0.5) is 23.0 Å². The molecule has 0 radical (unpaired) electrons. The van der Waals surface area contributed by atoms with Crippen molar-refractivity contribution in [3.05, 3.63) is 65.5 Å². The maximum Gasteiger partial charge on any atom is 0.276 e. The van der Waals surface area contributed by atoms with E-state index in [9.17, 15) is 4.79 Å². The SMILES string of the molecule is COc1ccccc1NC(=O)c1nn(C)c2c1CCc1cnc(Nc3ccc(N4CCN(C)CC4)cc3OC)nc1-2. The molecular weight excluding hydrogens is 520 g/mol. The number of ether oxygens (including phenoxy) is 2. The first kappa shape index (κ1) is 26.6. The largest absolute Gasteiger partial charge is 0.495 e. The van der Waals surface area contributed by atoms with Gasteiger partial charge >= 0.3 is 0 Å². The Morgan fingerprint density at radius 3 is 2.49 bits per heavy atom. The maximum atomic E-state index is 13.3. The van der Waals surface area contributed by atoms with Crippen LogP contribution in [0.15, 0.2) is 48.7 Å². The van der Waals surface area contributed by atoms with Crippen LogP contribution in [0.5, 0.6) is 11.5 Å². The minimum atomic E-state index is -0.285. The number of likely N-dealkylation sites (N-methyl/N-ethyl adjacent to an activating group) is 1. The lowest BCUT2D eigenvalue weighted by Gasteiger charge is -2.34. The van der Waals surface area contributed by atoms with E-state index in [0.717, 1.165) is 65.8 Å². The average molecular weight is 555 g/mol. The van der Waals surface area contributed by atoms with Gasteiger partial charge in [-0.2, -0.15) is 5.10 Å². The van der Waals surface area contributed by atoms with Crippen molar-refractivity contribution in [3.8, 4) is 22.9 Å². The van der Waals surface area contributed by atoms with Gasteiger partial charge in [0.15, 0.2) is 5.69 Å². The molecule has 1 aliphatic heterocycles. The summed E-state index contributed by atoms with van der Waals surface area (Å²) in [5.41, 5.74) is 6.35. The molecule has 2 N–H and O–H groups in total. The highest BCUT2D eigenvalue weighted by Gasteiger charge is 2.29. The fraction of sp³-hybridized carbons (Fsp3) is 0.333. The molecule has 1 amide bonds. The maximum absolute atomic E-state index is 13.3. The fourth-order valence-electron chi connectivity index (χ4n) is 5.49. The van der Waals surface area contributed by atoms with E-state index in [1.807, 2.05) is 31.4 Å². The highest BCUT2D eigenvalue weighted by molar-refractivity contribution is 6.05. The summed E-state index contributed by atoms with van der Waals surface area (Å²) in [6, 6.07) is 13.5. The molecule has 4 aromatic rings. The minimum Gasteiger partial charge on any atom is -0.495 e. The zero-order chi connectivity index (χ0) is 28.5. The number of piperazine rings is 1. The van der Waals surface area contributed by atoms with Crippen molar-refractivity contribution in [2.75, 3.05) is 63.0 Å². The minimum absolute atomic E-state index is 0.285. The Balaban J connectivity index is 1.26. The number of nitrogens with one attached hydrogen (secondary N) is 2. The molecule has 1 aliphatic carbocycles. The van der Waals surface area contributed by atoms with Crippen LogP contribution in [0.2, 0.25) is 0 Å². The number of methoxy groups -OCH3 is 2. The van der Waals surface area contributed by atoms with Crippen molar-refractivity contribution in [1.29, 1.82) is 0 Å². The summed E-state index contributed by atoms with van der Waals surface area (Å²) in [7, 11) is 7.23. The number of anilines is 4. The molecule has 11 heteroatoms. The summed E-state index contributed by atoms with van der Waals surface area (Å²) >= 11 is 0. The van der Waals surface area contributed by atoms with E-state index in [-0.39, 0.29) is 5.91 Å². The molecule has 0 spiro atoms. The number of aryl methyl sites for hydroxylation is 2. The zero-order valence-electron chi connectivity index (χ0n) is 23.8. The second-order valence-electron chi connectivity index (χ2n) is 10.3. The normalized spacial score (nSPS) is 14.7. The topological polar surface area (TPSA) is 110 Å². The smallest absolute Gasteiger partial charge is 0.276 e. The van der Waals surface area contributed by atoms with Crippen LogP contribution in [-0.4, -0.2) is 78.0 Å². The quantitative estimate of drug-likeness (QED) is 0.353. The van der Waals surface area contributed by atoms with Gasteiger partial charge in [0.1, 0.15) is 11.5 Å². The first-order valence-electron chi connectivity index (χ1n) is 13.7. The molecule has 41 heavy (non-hydrogen) atoms. The second kappa shape index (κ2) is 11.1. The summed E-state index contributed by atoms with van der Waals surface area (Å²) in [5, 5.41) is 10.9. The van der Waals surface area contributed by atoms with Crippen LogP contribution < -0.4 is 25.0 Å². The predicted octanol–water partition coefficient (Wildman–Crippen LogP) is 3.74. The highest BCUT2D eigenvalue weighted by atomic mass is 16.5. The van der Waals surface area contributed by atoms with Crippen molar-refractivity contribution in [2.45, 2.75) is 12.8 Å². The summed E-state index contributed by atoms with van der Waals surface area (Å²) in [5.74, 6) is 1.47. The molecule has 6 rings (SSSR count). The van der Waals surface area contributed by atoms with Gasteiger partial charge in [-0.1, -0.05) is 12.1 Å². The van der Waals surface area contributed by atoms with Gasteiger partial charge in [-0.25, -0.2) is 9.97 Å². The highest BCUT2D eigenvalue weighted by Crippen LogP contribution is 2.36. The Labute approximate surface area is 239 Å². The lowest BCUT2D eigenvalue weighted by atomic mass is 9.93. The third-order valence-corrected chi connectivity index (χ3v) is 7.75. The molecule has 2 aliphatic rings. The average Bonchev–Trinajstić information content (AvgIpc) is 3.35. The zero-order valence-corrected chi connectivity index (χ0v) is 23.8. The Bertz CT molecular complexity index is 1590. The number of fused-ring (bicyclic) bond motifs is 3. The van der Waals surface area contributed by atoms with E-state index in [0.29, 0.717) is 35.9 Å². The van der Waals surface area contributed by atoms with Gasteiger partial charge in [0.2, 0.25) is 5.95 Å². The van der Waals surface area contributed by atoms with E-state index in [1.165, 1.54) is 0 Å². The van der Waals surface area contributed by atoms with Gasteiger partial charge in [0.25, 0.3) is 5.91 Å². The molecule has 0 saturated carbocycles. The van der Waals surface area contributed by atoms with Gasteiger partial charge in [-0.05, 0) is 49.7 Å². The first-order valence-corrected chi connectivity index (χ1v) is 13.7. The Morgan fingerprint density at radius 2 is 1.71 bits per heavy atom. The number of amides is 1. The van der Waals surface area contributed by atoms with Crippen molar-refractivity contribution >= 4 is 28.9 Å². The number of nitrogens with zero attached hydrogens (tertiary/aromatic N) is 6. The summed E-state index contributed by atoms with van der Waals surface area (Å²) in [6.07, 6.45) is 3.23. The molecule has 0 bridgehead atoms. The molecule has 11 nitrogen and oxygen atoms in total. The number of carbonyl (C=O) groups excluding carboxylic acids is 1. The number of benzene rings is 2. The molecule has 0 atom stereocenters. The van der Waals surface area contributed by atoms with Gasteiger partial charge in [-0.3, -0.25) is 9.48 Å². The van der Waals surface area contributed by atoms with Gasteiger partial charge in [0.05, 0.1) is 37.0 Å². The molecular formula is C30H34N8O3. The van der Waals surface area contributed by atoms with Crippen LogP contribution >= 0.6 is 0 Å². The van der Waals surface area contributed by atoms with Crippen LogP contribution in [0.3, 0.4) is 0 Å². The Morgan fingerprint density at radius 1 is 0.927 bits per heavy atom. The summed E-state index contributed by atoms with van der Waals surface area (Å²) < 4.78 is 12.8. The lowest BCUT2D eigenvalue weighted by molar-refractivity contribution is 0.102. The van der Waals surface area contributed by atoms with Gasteiger partial charge < -0.3 is 29.9 Å². The number of aromatic nitrogens is 4. The molecule has 0 unspecified atom stereocenters. The fourth-order valence-corrected chi connectivity index (χ4v) is 5.49. The van der Waals surface area contributed by atoms with E-state index < -0.39 is 0 Å². The lowest BCUT2D eigenvalue weighted by Crippen LogP contribution is -2.44. The summed E-state index contributed by atoms with van der Waals surface area (Å²) in [4.78, 5) is 27.5. The van der Waals surface area contributed by atoms with Crippen LogP contribution in [-0.2, 0) is 19.9 Å². The van der Waals surface area contributed by atoms with Crippen molar-refractivity contribution in [2.24, 2.45) is 7.05 Å². The van der Waals surface area contributed by atoms with Crippen molar-refractivity contribution < 1.29 is 14.3 Å². The molecule has 1 saturated heterocycles. The van der Waals surface area contributed by atoms with Crippen LogP contribution in [0.25, 0.3) is 11.4 Å². The van der Waals surface area contributed by atoms with E-state index in [4.69, 9.17) is 14.5 Å². The Hall–Kier alpha value is -4.64. The number of hydrogen-bond donors (Lipinski definition) is 2. The van der Waals surface area contributed by atoms with E-state index in [1.54, 1.807) is 31.0 Å². The summed E-state index contributed by atoms with van der Waals surface area (Å²) in [6.45, 7) is 4.02. The third kappa shape index (κ3) is 5.16. The molecule has 212 valence electrons. The van der Waals surface area contributed by atoms with Crippen LogP contribution in [0.1, 0.15) is 21.6 Å². The van der Waals surface area contributed by atoms with E-state index >= 15 is 0 Å². The van der Waals surface area contributed by atoms with Crippen molar-refractivity contribution in [3.63, 3.8) is 0 Å². The molecule has 3 heterocycles. The molecule has 1 fully saturated rings. The number of hydrogen-bond acceptors (Lipinski definition) is 9. The van der Waals surface area contributed by atoms with Gasteiger partial charge in [-0.15, -0.1) is 0 Å². The number of para-hydroxylation sites is 2. The van der Waals surface area contributed by atoms with Crippen molar-refractivity contribution in [1.82, 2.24) is 24.6 Å². The monoisotopic (exact) mass is 554 g/mol. The van der Waals surface area contributed by atoms with Gasteiger partial charge in [0, 0.05) is 56.7 Å². The first-order chi connectivity index (χ1) is 19.9. The van der Waals surface area contributed by atoms with Crippen LogP contribution in [0, 0.1) is 0 Å². The number of carbonyl (C=O) groups is 1. The molecule has 2 aromatic heterocycles. The standard InChI is InChI=1S/C30H34N8O3/c1-36-13-15-38(16-14-36)20-10-12-23(25(17-20)41-4)33-30-31-18-19-9-11-21-27(35-37(2)28(21)26(19)34-30)29(39)32-22-7-5-6-8-24(22)40-3/h5-8,10,12,17-18H,9,11,13-16H2,1-4H3,(H,32,39)(H,31,33,34).